The molecule has 0 N–H and O–H groups in total. The summed E-state index contributed by atoms with van der Waals surface area (Å²) in [5.41, 5.74) is -0.129. The molecule has 0 spiro atoms. The second kappa shape index (κ2) is 26.2. The highest BCUT2D eigenvalue weighted by molar-refractivity contribution is 5.96. The topological polar surface area (TPSA) is 264 Å². The third kappa shape index (κ3) is 13.3. The molecule has 0 amide bonds. The van der Waals surface area contributed by atoms with Gasteiger partial charge in [-0.25, -0.2) is 0 Å². The van der Waals surface area contributed by atoms with Crippen LogP contribution in [0.3, 0.4) is 0 Å². The molecule has 2 heterocycles. The summed E-state index contributed by atoms with van der Waals surface area (Å²) in [6.07, 6.45) is -9.12. The predicted octanol–water partition coefficient (Wildman–Crippen LogP) is 9.30. The normalized spacial score (nSPS) is 37.5. The van der Waals surface area contributed by atoms with Crippen LogP contribution >= 0.6 is 0 Å². The van der Waals surface area contributed by atoms with Crippen LogP contribution in [0.15, 0.2) is 72.3 Å². The summed E-state index contributed by atoms with van der Waals surface area (Å²) >= 11 is 0. The van der Waals surface area contributed by atoms with Crippen LogP contribution in [0.4, 0.5) is 0 Å². The van der Waals surface area contributed by atoms with E-state index in [1.807, 2.05) is 73.7 Å². The lowest BCUT2D eigenvalue weighted by atomic mass is 9.33. The summed E-state index contributed by atoms with van der Waals surface area (Å²) in [5, 5.41) is 0. The second-order valence-electron chi connectivity index (χ2n) is 28.0. The Bertz CT molecular complexity index is 3050. The van der Waals surface area contributed by atoms with E-state index in [1.54, 1.807) is 0 Å². The molecule has 0 bridgehead atoms. The van der Waals surface area contributed by atoms with Gasteiger partial charge in [0, 0.05) is 54.4 Å². The van der Waals surface area contributed by atoms with Gasteiger partial charge in [-0.15, -0.1) is 0 Å². The zero-order valence-corrected chi connectivity index (χ0v) is 54.4. The highest BCUT2D eigenvalue weighted by Crippen LogP contribution is 2.75. The highest BCUT2D eigenvalue weighted by Gasteiger charge is 2.71. The molecule has 2 saturated heterocycles. The Morgan fingerprint density at radius 1 is 0.522 bits per heavy atom. The molecule has 5 aliphatic carbocycles. The molecule has 4 saturated carbocycles. The lowest BCUT2D eigenvalue weighted by Crippen LogP contribution is -2.68. The number of hydrogen-bond acceptors (Lipinski definition) is 21. The largest absolute Gasteiger partial charge is 0.463 e. The SMILES string of the molecule is CC(=O)OC[C@H]1O[C@@H](O[C@H]2[C@H](OC(C)=O)[C@@H](OC(C)=O)[C@H](O[C@H]3CC[C@]4(C)[C@H]5C(=O)C=C6[C@@H]7C[C@@](C)(C(=O)OC(c8ccccc8)c8ccccc8)CC[C@]7(C)CC[C@@]6(C)[C@]5(C)CC[C@H]4C3(C)C)O[C@@H]2COC(C)=O)[C@H](OC(C)=O)[C@@H](OC(C)=O)[C@H]1OC(C)=O. The van der Waals surface area contributed by atoms with E-state index >= 15 is 4.79 Å². The maximum Gasteiger partial charge on any atom is 0.312 e. The van der Waals surface area contributed by atoms with Gasteiger partial charge in [0.1, 0.15) is 31.5 Å². The number of carbonyl (C=O) groups is 9. The first-order valence-corrected chi connectivity index (χ1v) is 31.6. The minimum atomic E-state index is -1.85. The fourth-order valence-corrected chi connectivity index (χ4v) is 17.2. The first-order chi connectivity index (χ1) is 42.2. The molecule has 492 valence electrons. The Balaban J connectivity index is 1.00. The summed E-state index contributed by atoms with van der Waals surface area (Å²) in [6.45, 7) is 22.1. The Morgan fingerprint density at radius 3 is 1.50 bits per heavy atom. The minimum Gasteiger partial charge on any atom is -0.463 e. The van der Waals surface area contributed by atoms with E-state index in [9.17, 15) is 38.4 Å². The second-order valence-corrected chi connectivity index (χ2v) is 28.0. The molecule has 9 rings (SSSR count). The number of carbonyl (C=O) groups excluding carboxylic acids is 9. The number of rotatable bonds is 17. The van der Waals surface area contributed by atoms with Crippen LogP contribution < -0.4 is 0 Å². The van der Waals surface area contributed by atoms with E-state index < -0.39 is 150 Å². The van der Waals surface area contributed by atoms with Crippen molar-refractivity contribution in [2.24, 2.45) is 50.2 Å². The molecule has 90 heavy (non-hydrogen) atoms. The van der Waals surface area contributed by atoms with Crippen molar-refractivity contribution in [1.29, 1.82) is 0 Å². The lowest BCUT2D eigenvalue weighted by Gasteiger charge is -2.70. The zero-order valence-electron chi connectivity index (χ0n) is 54.4. The quantitative estimate of drug-likeness (QED) is 0.0811. The number of hydrogen-bond donors (Lipinski definition) is 0. The molecular weight excluding hydrogens is 1160 g/mol. The van der Waals surface area contributed by atoms with E-state index in [0.717, 1.165) is 97.3 Å². The fraction of sp³-hybridized carbons (Fsp3) is 0.667. The maximum absolute atomic E-state index is 15.6. The van der Waals surface area contributed by atoms with Gasteiger partial charge >= 0.3 is 47.8 Å². The molecule has 2 aliphatic heterocycles. The van der Waals surface area contributed by atoms with Crippen LogP contribution in [0.1, 0.15) is 172 Å². The van der Waals surface area contributed by atoms with E-state index in [4.69, 9.17) is 56.8 Å². The van der Waals surface area contributed by atoms with Crippen molar-refractivity contribution in [3.05, 3.63) is 83.4 Å². The van der Waals surface area contributed by atoms with E-state index in [2.05, 4.69) is 41.5 Å². The van der Waals surface area contributed by atoms with E-state index in [1.165, 1.54) is 0 Å². The van der Waals surface area contributed by atoms with Crippen LogP contribution in [-0.4, -0.2) is 134 Å². The van der Waals surface area contributed by atoms with Gasteiger partial charge in [-0.1, -0.05) is 108 Å². The summed E-state index contributed by atoms with van der Waals surface area (Å²) in [6, 6.07) is 19.6. The molecule has 6 fully saturated rings. The summed E-state index contributed by atoms with van der Waals surface area (Å²) in [5.74, 6) is -6.58. The highest BCUT2D eigenvalue weighted by atomic mass is 16.8. The van der Waals surface area contributed by atoms with Gasteiger partial charge in [-0.2, -0.15) is 0 Å². The number of ketones is 1. The van der Waals surface area contributed by atoms with Crippen LogP contribution in [0, 0.1) is 50.2 Å². The molecule has 21 heteroatoms. The van der Waals surface area contributed by atoms with Crippen LogP contribution in [-0.2, 0) is 100.0 Å². The maximum atomic E-state index is 15.6. The lowest BCUT2D eigenvalue weighted by molar-refractivity contribution is -0.369. The van der Waals surface area contributed by atoms with Gasteiger partial charge in [0.2, 0.25) is 0 Å². The Kier molecular flexibility index (Phi) is 19.8. The van der Waals surface area contributed by atoms with Gasteiger partial charge in [0.25, 0.3) is 0 Å². The molecule has 7 aliphatic rings. The monoisotopic (exact) mass is 1250 g/mol. The Hall–Kier alpha value is -6.55. The number of ether oxygens (including phenoxy) is 12. The molecule has 0 radical (unpaired) electrons. The predicted molar refractivity (Wildman–Crippen MR) is 318 cm³/mol. The van der Waals surface area contributed by atoms with Crippen LogP contribution in [0.5, 0.6) is 0 Å². The van der Waals surface area contributed by atoms with Crippen LogP contribution in [0.25, 0.3) is 0 Å². The van der Waals surface area contributed by atoms with Crippen molar-refractivity contribution in [1.82, 2.24) is 0 Å². The Morgan fingerprint density at radius 2 is 0.989 bits per heavy atom. The molecule has 2 aromatic rings. The number of esters is 8. The molecule has 0 aromatic heterocycles. The Labute approximate surface area is 526 Å². The first-order valence-electron chi connectivity index (χ1n) is 31.6. The van der Waals surface area contributed by atoms with Gasteiger partial charge in [-0.3, -0.25) is 43.2 Å². The average Bonchev–Trinajstić information content (AvgIpc) is 0.676. The van der Waals surface area contributed by atoms with Crippen molar-refractivity contribution in [2.45, 2.75) is 228 Å². The standard InChI is InChI=1S/C69H90O21/c1-37(70)79-35-49-54(81-39(3)72)56(82-40(4)73)59(85-43(7)76)62(87-49)89-55-50(36-80-38(2)71)86-61(58(84-42(6)75)57(55)83-41(5)74)88-52-26-27-67(12)51(64(52,8)9)25-28-69(14)60(67)48(77)33-46-47-34-66(11,30-29-65(47,10)31-32-68(46,69)13)63(78)90-53(44-21-17-15-18-22-44)45-23-19-16-20-24-45/h15-24,33,47,49-62H,25-32,34-36H2,1-14H3/t47-,49+,50+,51-,52-,54-,55+,56-,57-,58+,59+,60+,61-,62-,65+,66-,67-,68+,69+/m0/s1. The van der Waals surface area contributed by atoms with Crippen LogP contribution in [0.2, 0.25) is 0 Å². The number of fused-ring (bicyclic) bond motifs is 7. The van der Waals surface area contributed by atoms with Crippen molar-refractivity contribution in [3.8, 4) is 0 Å². The molecular formula is C69H90O21. The summed E-state index contributed by atoms with van der Waals surface area (Å²) in [7, 11) is 0. The van der Waals surface area contributed by atoms with E-state index in [-0.39, 0.29) is 40.3 Å². The van der Waals surface area contributed by atoms with Gasteiger partial charge < -0.3 is 56.8 Å². The molecule has 19 atom stereocenters. The first kappa shape index (κ1) is 67.8. The summed E-state index contributed by atoms with van der Waals surface area (Å²) in [4.78, 5) is 120. The van der Waals surface area contributed by atoms with Gasteiger partial charge in [0.15, 0.2) is 55.0 Å². The smallest absolute Gasteiger partial charge is 0.312 e. The number of benzene rings is 2. The molecule has 21 nitrogen and oxygen atoms in total. The summed E-state index contributed by atoms with van der Waals surface area (Å²) < 4.78 is 73.1. The van der Waals surface area contributed by atoms with Crippen molar-refractivity contribution >= 4 is 53.5 Å². The minimum absolute atomic E-state index is 0.0412. The van der Waals surface area contributed by atoms with Crippen molar-refractivity contribution < 1.29 is 100.0 Å². The number of allylic oxidation sites excluding steroid dienone is 2. The zero-order chi connectivity index (χ0) is 65.6. The van der Waals surface area contributed by atoms with E-state index in [0.29, 0.717) is 25.7 Å². The molecule has 0 unspecified atom stereocenters. The van der Waals surface area contributed by atoms with Gasteiger partial charge in [-0.05, 0) is 121 Å². The van der Waals surface area contributed by atoms with Gasteiger partial charge in [0.05, 0.1) is 11.5 Å². The molecule has 2 aromatic carbocycles. The average molecular weight is 1260 g/mol. The third-order valence-electron chi connectivity index (χ3n) is 21.6. The van der Waals surface area contributed by atoms with Crippen molar-refractivity contribution in [2.75, 3.05) is 13.2 Å². The van der Waals surface area contributed by atoms with Crippen molar-refractivity contribution in [3.63, 3.8) is 0 Å². The third-order valence-corrected chi connectivity index (χ3v) is 21.6. The fourth-order valence-electron chi connectivity index (χ4n) is 17.2.